The average Bonchev–Trinajstić information content (AvgIpc) is 3.07. The lowest BCUT2D eigenvalue weighted by Crippen LogP contribution is -2.40. The van der Waals surface area contributed by atoms with Gasteiger partial charge in [-0.3, -0.25) is 0 Å². The van der Waals surface area contributed by atoms with Crippen molar-refractivity contribution in [3.63, 3.8) is 0 Å². The number of hydrogen-bond donors (Lipinski definition) is 2. The van der Waals surface area contributed by atoms with Crippen LogP contribution in [0.3, 0.4) is 0 Å². The van der Waals surface area contributed by atoms with Gasteiger partial charge in [0.1, 0.15) is 5.82 Å². The molecule has 0 atom stereocenters. The molecule has 1 saturated carbocycles. The molecule has 0 amide bonds. The van der Waals surface area contributed by atoms with Crippen molar-refractivity contribution in [3.05, 3.63) is 57.7 Å². The number of pyridine rings is 1. The van der Waals surface area contributed by atoms with E-state index in [4.69, 9.17) is 35.4 Å². The zero-order valence-corrected chi connectivity index (χ0v) is 16.4. The fourth-order valence-electron chi connectivity index (χ4n) is 3.44. The van der Waals surface area contributed by atoms with Crippen LogP contribution >= 0.6 is 35.4 Å². The maximum Gasteiger partial charge on any atom is 0.171 e. The molecule has 1 aromatic heterocycles. The molecule has 3 nitrogen and oxygen atoms in total. The van der Waals surface area contributed by atoms with Crippen molar-refractivity contribution in [2.45, 2.75) is 38.0 Å². The van der Waals surface area contributed by atoms with Gasteiger partial charge in [0.25, 0.3) is 0 Å². The minimum absolute atomic E-state index is 0.111. The Balaban J connectivity index is 1.66. The van der Waals surface area contributed by atoms with Crippen LogP contribution in [0.4, 0.5) is 5.82 Å². The SMILES string of the molecule is Cc1cc(NC(=S)NCC2(c3ccc(Cl)cc3)CCCC2)ncc1Cl. The number of rotatable bonds is 4. The molecule has 1 fully saturated rings. The fourth-order valence-corrected chi connectivity index (χ4v) is 3.85. The van der Waals surface area contributed by atoms with Gasteiger partial charge < -0.3 is 10.6 Å². The molecular weight excluding hydrogens is 373 g/mol. The Morgan fingerprint density at radius 1 is 1.20 bits per heavy atom. The van der Waals surface area contributed by atoms with Gasteiger partial charge in [-0.2, -0.15) is 0 Å². The summed E-state index contributed by atoms with van der Waals surface area (Å²) in [4.78, 5) is 4.26. The number of anilines is 1. The van der Waals surface area contributed by atoms with E-state index < -0.39 is 0 Å². The summed E-state index contributed by atoms with van der Waals surface area (Å²) in [6, 6.07) is 10.1. The lowest BCUT2D eigenvalue weighted by Gasteiger charge is -2.30. The number of hydrogen-bond acceptors (Lipinski definition) is 2. The van der Waals surface area contributed by atoms with Crippen LogP contribution in [-0.2, 0) is 5.41 Å². The molecule has 1 aliphatic rings. The summed E-state index contributed by atoms with van der Waals surface area (Å²) in [6.07, 6.45) is 6.42. The molecule has 0 aliphatic heterocycles. The topological polar surface area (TPSA) is 37.0 Å². The van der Waals surface area contributed by atoms with Crippen LogP contribution in [0.1, 0.15) is 36.8 Å². The van der Waals surface area contributed by atoms with Crippen molar-refractivity contribution >= 4 is 46.4 Å². The fraction of sp³-hybridized carbons (Fsp3) is 0.368. The molecule has 6 heteroatoms. The zero-order chi connectivity index (χ0) is 17.9. The van der Waals surface area contributed by atoms with Gasteiger partial charge in [-0.15, -0.1) is 0 Å². The van der Waals surface area contributed by atoms with Crippen molar-refractivity contribution < 1.29 is 0 Å². The number of nitrogens with one attached hydrogen (secondary N) is 2. The molecule has 0 bridgehead atoms. The van der Waals surface area contributed by atoms with Crippen LogP contribution in [0.2, 0.25) is 10.0 Å². The number of aryl methyl sites for hydroxylation is 1. The highest BCUT2D eigenvalue weighted by molar-refractivity contribution is 7.80. The summed E-state index contributed by atoms with van der Waals surface area (Å²) < 4.78 is 0. The van der Waals surface area contributed by atoms with E-state index in [-0.39, 0.29) is 5.41 Å². The Kier molecular flexibility index (Phi) is 5.82. The van der Waals surface area contributed by atoms with E-state index in [1.165, 1.54) is 18.4 Å². The molecule has 2 aromatic rings. The molecule has 3 rings (SSSR count). The van der Waals surface area contributed by atoms with Crippen LogP contribution in [0.15, 0.2) is 36.5 Å². The first kappa shape index (κ1) is 18.4. The molecule has 1 heterocycles. The van der Waals surface area contributed by atoms with Gasteiger partial charge >= 0.3 is 0 Å². The van der Waals surface area contributed by atoms with E-state index >= 15 is 0 Å². The van der Waals surface area contributed by atoms with E-state index in [1.807, 2.05) is 25.1 Å². The van der Waals surface area contributed by atoms with Gasteiger partial charge in [0.2, 0.25) is 0 Å². The highest BCUT2D eigenvalue weighted by Gasteiger charge is 2.35. The first-order valence-electron chi connectivity index (χ1n) is 8.42. The van der Waals surface area contributed by atoms with Gasteiger partial charge in [0.15, 0.2) is 5.11 Å². The molecule has 0 saturated heterocycles. The van der Waals surface area contributed by atoms with E-state index in [0.717, 1.165) is 30.0 Å². The second-order valence-corrected chi connectivity index (χ2v) is 7.87. The third-order valence-electron chi connectivity index (χ3n) is 4.89. The van der Waals surface area contributed by atoms with Gasteiger partial charge in [0, 0.05) is 23.2 Å². The molecule has 0 spiro atoms. The van der Waals surface area contributed by atoms with Crippen molar-refractivity contribution in [2.24, 2.45) is 0 Å². The number of thiocarbonyl (C=S) groups is 1. The summed E-state index contributed by atoms with van der Waals surface area (Å²) in [5.74, 6) is 0.700. The number of aromatic nitrogens is 1. The van der Waals surface area contributed by atoms with E-state index in [0.29, 0.717) is 16.0 Å². The number of halogens is 2. The Morgan fingerprint density at radius 2 is 1.88 bits per heavy atom. The summed E-state index contributed by atoms with van der Waals surface area (Å²) in [7, 11) is 0. The molecule has 1 aliphatic carbocycles. The van der Waals surface area contributed by atoms with Gasteiger partial charge in [-0.1, -0.05) is 48.2 Å². The molecule has 132 valence electrons. The normalized spacial score (nSPS) is 15.8. The summed E-state index contributed by atoms with van der Waals surface area (Å²) >= 11 is 17.5. The molecule has 25 heavy (non-hydrogen) atoms. The second kappa shape index (κ2) is 7.90. The Labute approximate surface area is 164 Å². The number of nitrogens with zero attached hydrogens (tertiary/aromatic N) is 1. The summed E-state index contributed by atoms with van der Waals surface area (Å²) in [6.45, 7) is 2.74. The maximum atomic E-state index is 6.04. The van der Waals surface area contributed by atoms with E-state index in [1.54, 1.807) is 6.20 Å². The third-order valence-corrected chi connectivity index (χ3v) is 5.79. The first-order valence-corrected chi connectivity index (χ1v) is 9.58. The third kappa shape index (κ3) is 4.43. The molecule has 1 aromatic carbocycles. The van der Waals surface area contributed by atoms with Crippen molar-refractivity contribution in [3.8, 4) is 0 Å². The van der Waals surface area contributed by atoms with Gasteiger partial charge in [0.05, 0.1) is 5.02 Å². The molecule has 0 unspecified atom stereocenters. The van der Waals surface area contributed by atoms with Gasteiger partial charge in [-0.25, -0.2) is 4.98 Å². The standard InChI is InChI=1S/C19H21Cl2N3S/c1-13-10-17(22-11-16(13)21)24-18(25)23-12-19(8-2-3-9-19)14-4-6-15(20)7-5-14/h4-7,10-11H,2-3,8-9,12H2,1H3,(H2,22,23,24,25). The zero-order valence-electron chi connectivity index (χ0n) is 14.1. The quantitative estimate of drug-likeness (QED) is 0.672. The highest BCUT2D eigenvalue weighted by atomic mass is 35.5. The Morgan fingerprint density at radius 3 is 2.52 bits per heavy atom. The predicted molar refractivity (Wildman–Crippen MR) is 110 cm³/mol. The largest absolute Gasteiger partial charge is 0.362 e. The molecule has 2 N–H and O–H groups in total. The molecular formula is C19H21Cl2N3S. The maximum absolute atomic E-state index is 6.04. The second-order valence-electron chi connectivity index (χ2n) is 6.62. The monoisotopic (exact) mass is 393 g/mol. The van der Waals surface area contributed by atoms with Gasteiger partial charge in [-0.05, 0) is 61.3 Å². The Bertz CT molecular complexity index is 756. The van der Waals surface area contributed by atoms with Crippen molar-refractivity contribution in [1.82, 2.24) is 10.3 Å². The van der Waals surface area contributed by atoms with Crippen molar-refractivity contribution in [1.29, 1.82) is 0 Å². The summed E-state index contributed by atoms with van der Waals surface area (Å²) in [5.41, 5.74) is 2.40. The lowest BCUT2D eigenvalue weighted by molar-refractivity contribution is 0.435. The van der Waals surface area contributed by atoms with E-state index in [9.17, 15) is 0 Å². The van der Waals surface area contributed by atoms with Crippen LogP contribution < -0.4 is 10.6 Å². The Hall–Kier alpha value is -1.36. The van der Waals surface area contributed by atoms with Crippen LogP contribution in [0, 0.1) is 6.92 Å². The predicted octanol–water partition coefficient (Wildman–Crippen LogP) is 5.50. The number of benzene rings is 1. The van der Waals surface area contributed by atoms with Crippen LogP contribution in [-0.4, -0.2) is 16.6 Å². The highest BCUT2D eigenvalue weighted by Crippen LogP contribution is 2.40. The van der Waals surface area contributed by atoms with Crippen LogP contribution in [0.5, 0.6) is 0 Å². The smallest absolute Gasteiger partial charge is 0.171 e. The van der Waals surface area contributed by atoms with Crippen LogP contribution in [0.25, 0.3) is 0 Å². The average molecular weight is 394 g/mol. The van der Waals surface area contributed by atoms with E-state index in [2.05, 4.69) is 27.8 Å². The summed E-state index contributed by atoms with van der Waals surface area (Å²) in [5, 5.41) is 8.51. The lowest BCUT2D eigenvalue weighted by atomic mass is 9.79. The first-order chi connectivity index (χ1) is 12.0. The minimum Gasteiger partial charge on any atom is -0.362 e. The van der Waals surface area contributed by atoms with Crippen molar-refractivity contribution in [2.75, 3.05) is 11.9 Å². The minimum atomic E-state index is 0.111. The molecule has 0 radical (unpaired) electrons.